The Morgan fingerprint density at radius 3 is 2.67 bits per heavy atom. The van der Waals surface area contributed by atoms with Crippen molar-refractivity contribution >= 4 is 28.5 Å². The maximum Gasteiger partial charge on any atom is 0.223 e. The lowest BCUT2D eigenvalue weighted by Crippen LogP contribution is -2.14. The highest BCUT2D eigenvalue weighted by molar-refractivity contribution is 6.35. The van der Waals surface area contributed by atoms with Crippen LogP contribution < -0.4 is 5.32 Å². The van der Waals surface area contributed by atoms with E-state index in [1.54, 1.807) is 24.7 Å². The van der Waals surface area contributed by atoms with E-state index in [0.717, 1.165) is 22.0 Å². The van der Waals surface area contributed by atoms with Gasteiger partial charge in [-0.3, -0.25) is 4.98 Å². The van der Waals surface area contributed by atoms with E-state index in [9.17, 15) is 0 Å². The van der Waals surface area contributed by atoms with Gasteiger partial charge >= 0.3 is 0 Å². The van der Waals surface area contributed by atoms with E-state index in [-0.39, 0.29) is 6.04 Å². The van der Waals surface area contributed by atoms with E-state index in [4.69, 9.17) is 11.6 Å². The van der Waals surface area contributed by atoms with Crippen LogP contribution in [-0.4, -0.2) is 19.9 Å². The van der Waals surface area contributed by atoms with E-state index in [0.29, 0.717) is 11.0 Å². The summed E-state index contributed by atoms with van der Waals surface area (Å²) in [5, 5.41) is 5.06. The van der Waals surface area contributed by atoms with Gasteiger partial charge in [0.05, 0.1) is 11.1 Å². The molecule has 0 saturated carbocycles. The van der Waals surface area contributed by atoms with E-state index < -0.39 is 0 Å². The van der Waals surface area contributed by atoms with Crippen LogP contribution in [0.5, 0.6) is 0 Å². The second-order valence-electron chi connectivity index (χ2n) is 5.34. The Morgan fingerprint density at radius 2 is 1.88 bits per heavy atom. The van der Waals surface area contributed by atoms with Crippen molar-refractivity contribution in [1.29, 1.82) is 0 Å². The van der Waals surface area contributed by atoms with Crippen LogP contribution >= 0.6 is 11.6 Å². The van der Waals surface area contributed by atoms with Gasteiger partial charge in [0, 0.05) is 47.5 Å². The third kappa shape index (κ3) is 2.70. The van der Waals surface area contributed by atoms with E-state index in [2.05, 4.69) is 25.3 Å². The van der Waals surface area contributed by atoms with Crippen molar-refractivity contribution in [3.05, 3.63) is 83.5 Å². The summed E-state index contributed by atoms with van der Waals surface area (Å²) < 4.78 is 0. The standard InChI is InChI=1S/C18H14ClN5/c19-14-5-1-6-15-16(14)13(11-23-15)17(12-4-2-7-20-10-12)24-18-21-8-3-9-22-18/h1-11,17,23H,(H,21,22,24). The smallest absolute Gasteiger partial charge is 0.223 e. The topological polar surface area (TPSA) is 66.5 Å². The van der Waals surface area contributed by atoms with Crippen molar-refractivity contribution in [2.75, 3.05) is 5.32 Å². The second kappa shape index (κ2) is 6.29. The van der Waals surface area contributed by atoms with Crippen LogP contribution in [0.2, 0.25) is 5.02 Å². The molecule has 0 aliphatic carbocycles. The highest BCUT2D eigenvalue weighted by Gasteiger charge is 2.20. The van der Waals surface area contributed by atoms with Crippen LogP contribution in [0.4, 0.5) is 5.95 Å². The number of nitrogens with one attached hydrogen (secondary N) is 2. The predicted molar refractivity (Wildman–Crippen MR) is 95.0 cm³/mol. The molecule has 3 aromatic heterocycles. The minimum atomic E-state index is -0.172. The third-order valence-corrected chi connectivity index (χ3v) is 4.17. The molecule has 0 spiro atoms. The van der Waals surface area contributed by atoms with Crippen LogP contribution in [0.3, 0.4) is 0 Å². The van der Waals surface area contributed by atoms with Crippen LogP contribution in [0, 0.1) is 0 Å². The maximum absolute atomic E-state index is 6.44. The monoisotopic (exact) mass is 335 g/mol. The van der Waals surface area contributed by atoms with Gasteiger partial charge in [0.25, 0.3) is 0 Å². The summed E-state index contributed by atoms with van der Waals surface area (Å²) in [7, 11) is 0. The van der Waals surface area contributed by atoms with Gasteiger partial charge in [0.15, 0.2) is 0 Å². The number of benzene rings is 1. The number of rotatable bonds is 4. The minimum Gasteiger partial charge on any atom is -0.361 e. The number of pyridine rings is 1. The number of hydrogen-bond acceptors (Lipinski definition) is 4. The summed E-state index contributed by atoms with van der Waals surface area (Å²) in [6.45, 7) is 0. The number of hydrogen-bond donors (Lipinski definition) is 2. The molecule has 3 heterocycles. The molecule has 0 fully saturated rings. The zero-order valence-corrected chi connectivity index (χ0v) is 13.4. The average molecular weight is 336 g/mol. The Kier molecular flexibility index (Phi) is 3.84. The largest absolute Gasteiger partial charge is 0.361 e. The Bertz CT molecular complexity index is 953. The molecule has 0 radical (unpaired) electrons. The van der Waals surface area contributed by atoms with E-state index in [1.807, 2.05) is 42.7 Å². The number of H-pyrrole nitrogens is 1. The zero-order valence-electron chi connectivity index (χ0n) is 12.6. The summed E-state index contributed by atoms with van der Waals surface area (Å²) >= 11 is 6.44. The molecule has 0 amide bonds. The van der Waals surface area contributed by atoms with E-state index in [1.165, 1.54) is 0 Å². The molecule has 118 valence electrons. The first-order valence-electron chi connectivity index (χ1n) is 7.52. The second-order valence-corrected chi connectivity index (χ2v) is 5.75. The number of halogens is 1. The van der Waals surface area contributed by atoms with Crippen molar-refractivity contribution in [3.8, 4) is 0 Å². The van der Waals surface area contributed by atoms with Crippen molar-refractivity contribution in [2.24, 2.45) is 0 Å². The lowest BCUT2D eigenvalue weighted by atomic mass is 9.99. The highest BCUT2D eigenvalue weighted by atomic mass is 35.5. The van der Waals surface area contributed by atoms with Gasteiger partial charge < -0.3 is 10.3 Å². The zero-order chi connectivity index (χ0) is 16.4. The predicted octanol–water partition coefficient (Wildman–Crippen LogP) is 4.21. The van der Waals surface area contributed by atoms with Crippen LogP contribution in [-0.2, 0) is 0 Å². The number of aromatic nitrogens is 4. The summed E-state index contributed by atoms with van der Waals surface area (Å²) in [6, 6.07) is 11.4. The Labute approximate surface area is 143 Å². The number of anilines is 1. The summed E-state index contributed by atoms with van der Waals surface area (Å²) in [5.74, 6) is 0.549. The molecule has 0 aliphatic heterocycles. The van der Waals surface area contributed by atoms with Gasteiger partial charge in [-0.1, -0.05) is 23.7 Å². The minimum absolute atomic E-state index is 0.172. The number of fused-ring (bicyclic) bond motifs is 1. The summed E-state index contributed by atoms with van der Waals surface area (Å²) in [5.41, 5.74) is 3.02. The Morgan fingerprint density at radius 1 is 1.00 bits per heavy atom. The first kappa shape index (κ1) is 14.7. The number of aromatic amines is 1. The van der Waals surface area contributed by atoms with Crippen LogP contribution in [0.15, 0.2) is 67.4 Å². The van der Waals surface area contributed by atoms with Gasteiger partial charge in [0.1, 0.15) is 0 Å². The SMILES string of the molecule is Clc1cccc2[nH]cc(C(Nc3ncccn3)c3cccnc3)c12. The lowest BCUT2D eigenvalue weighted by molar-refractivity contribution is 0.907. The molecule has 1 atom stereocenters. The third-order valence-electron chi connectivity index (χ3n) is 3.85. The molecule has 5 nitrogen and oxygen atoms in total. The Hall–Kier alpha value is -2.92. The van der Waals surface area contributed by atoms with E-state index >= 15 is 0 Å². The van der Waals surface area contributed by atoms with Crippen molar-refractivity contribution in [1.82, 2.24) is 19.9 Å². The first-order chi connectivity index (χ1) is 11.8. The lowest BCUT2D eigenvalue weighted by Gasteiger charge is -2.19. The molecule has 1 aromatic carbocycles. The summed E-state index contributed by atoms with van der Waals surface area (Å²) in [6.07, 6.45) is 8.96. The van der Waals surface area contributed by atoms with Crippen molar-refractivity contribution in [3.63, 3.8) is 0 Å². The molecule has 4 aromatic rings. The molecule has 0 aliphatic rings. The van der Waals surface area contributed by atoms with Gasteiger partial charge in [-0.2, -0.15) is 0 Å². The molecular formula is C18H14ClN5. The average Bonchev–Trinajstić information content (AvgIpc) is 3.07. The fourth-order valence-corrected chi connectivity index (χ4v) is 3.07. The van der Waals surface area contributed by atoms with Gasteiger partial charge in [-0.15, -0.1) is 0 Å². The fourth-order valence-electron chi connectivity index (χ4n) is 2.78. The number of nitrogens with zero attached hydrogens (tertiary/aromatic N) is 3. The molecule has 4 rings (SSSR count). The van der Waals surface area contributed by atoms with Gasteiger partial charge in [-0.05, 0) is 29.8 Å². The van der Waals surface area contributed by atoms with Crippen LogP contribution in [0.1, 0.15) is 17.2 Å². The molecule has 2 N–H and O–H groups in total. The normalized spacial score (nSPS) is 12.2. The van der Waals surface area contributed by atoms with Gasteiger partial charge in [-0.25, -0.2) is 9.97 Å². The Balaban J connectivity index is 1.86. The maximum atomic E-state index is 6.44. The molecule has 24 heavy (non-hydrogen) atoms. The quantitative estimate of drug-likeness (QED) is 0.586. The van der Waals surface area contributed by atoms with Crippen LogP contribution in [0.25, 0.3) is 10.9 Å². The van der Waals surface area contributed by atoms with Crippen molar-refractivity contribution in [2.45, 2.75) is 6.04 Å². The summed E-state index contributed by atoms with van der Waals surface area (Å²) in [4.78, 5) is 16.1. The van der Waals surface area contributed by atoms with Crippen molar-refractivity contribution < 1.29 is 0 Å². The molecule has 0 bridgehead atoms. The molecule has 1 unspecified atom stereocenters. The highest BCUT2D eigenvalue weighted by Crippen LogP contribution is 2.34. The molecular weight excluding hydrogens is 322 g/mol. The first-order valence-corrected chi connectivity index (χ1v) is 7.90. The molecule has 0 saturated heterocycles. The molecule has 6 heteroatoms. The van der Waals surface area contributed by atoms with Gasteiger partial charge in [0.2, 0.25) is 5.95 Å². The fraction of sp³-hybridized carbons (Fsp3) is 0.0556.